The van der Waals surface area contributed by atoms with Gasteiger partial charge in [-0.25, -0.2) is 0 Å². The Balaban J connectivity index is 0.000000178. The van der Waals surface area contributed by atoms with Crippen LogP contribution in [-0.2, 0) is 34.0 Å². The van der Waals surface area contributed by atoms with E-state index in [9.17, 15) is 69.9 Å². The maximum atomic E-state index is 12.6. The van der Waals surface area contributed by atoms with E-state index in [1.165, 1.54) is 24.3 Å². The normalized spacial score (nSPS) is 14.1. The van der Waals surface area contributed by atoms with Gasteiger partial charge in [0.2, 0.25) is 0 Å². The van der Waals surface area contributed by atoms with Gasteiger partial charge in [0.25, 0.3) is 0 Å². The quantitative estimate of drug-likeness (QED) is 0.0878. The van der Waals surface area contributed by atoms with Crippen LogP contribution >= 0.6 is 0 Å². The summed E-state index contributed by atoms with van der Waals surface area (Å²) in [7, 11) is -19.4. The molecule has 0 radical (unpaired) electrons. The van der Waals surface area contributed by atoms with Gasteiger partial charge in [-0.1, -0.05) is 121 Å². The number of hydrogen-bond donors (Lipinski definition) is 1. The number of hydrogen-bond acceptors (Lipinski definition) is 11. The molecule has 23 heteroatoms. The lowest BCUT2D eigenvalue weighted by molar-refractivity contribution is -0.0586. The molecule has 0 aromatic heterocycles. The van der Waals surface area contributed by atoms with Crippen molar-refractivity contribution in [3.8, 4) is 23.0 Å². The number of halogens is 9. The maximum Gasteiger partial charge on any atom is 0.534 e. The average Bonchev–Trinajstić information content (AvgIpc) is 3.28. The molecule has 358 valence electrons. The molecule has 6 aromatic rings. The molecule has 0 saturated carbocycles. The zero-order chi connectivity index (χ0) is 49.7. The second-order valence-corrected chi connectivity index (χ2v) is 18.8. The van der Waals surface area contributed by atoms with Gasteiger partial charge in [0, 0.05) is 22.3 Å². The highest BCUT2D eigenvalue weighted by Gasteiger charge is 2.57. The first-order valence-corrected chi connectivity index (χ1v) is 23.3. The van der Waals surface area contributed by atoms with Crippen LogP contribution in [0.2, 0.25) is 0 Å². The molecule has 0 spiro atoms. The minimum atomic E-state index is -6.85. The highest BCUT2D eigenvalue weighted by molar-refractivity contribution is 8.00. The van der Waals surface area contributed by atoms with Crippen LogP contribution in [-0.4, -0.2) is 60.1 Å². The number of phenolic OH excluding ortho intramolecular Hbond substituents is 1. The van der Waals surface area contributed by atoms with Gasteiger partial charge in [0.15, 0.2) is 0 Å². The smallest absolute Gasteiger partial charge is 0.508 e. The topological polar surface area (TPSA) is 160 Å². The van der Waals surface area contributed by atoms with Crippen molar-refractivity contribution in [2.24, 2.45) is 0 Å². The average molecular weight is 1010 g/mol. The predicted molar refractivity (Wildman–Crippen MR) is 230 cm³/mol. The van der Waals surface area contributed by atoms with E-state index in [1.54, 1.807) is 12.1 Å². The van der Waals surface area contributed by atoms with E-state index in [2.05, 4.69) is 22.4 Å². The minimum absolute atomic E-state index is 0.274. The Bertz CT molecular complexity index is 3120. The molecule has 2 heterocycles. The third-order valence-corrected chi connectivity index (χ3v) is 13.0. The van der Waals surface area contributed by atoms with E-state index in [0.717, 1.165) is 55.9 Å². The Hall–Kier alpha value is -6.82. The number of phenols is 1. The molecule has 0 bridgehead atoms. The van der Waals surface area contributed by atoms with Crippen LogP contribution < -0.4 is 13.7 Å². The van der Waals surface area contributed by atoms with Crippen molar-refractivity contribution in [1.82, 2.24) is 0 Å². The lowest BCUT2D eigenvalue weighted by Gasteiger charge is -2.25. The van der Waals surface area contributed by atoms with E-state index in [4.69, 9.17) is 9.47 Å². The van der Waals surface area contributed by atoms with Gasteiger partial charge in [-0.05, 0) is 69.8 Å². The van der Waals surface area contributed by atoms with Gasteiger partial charge >= 0.3 is 46.9 Å². The Morgan fingerprint density at radius 3 is 1.12 bits per heavy atom. The molecule has 0 unspecified atom stereocenters. The molecule has 1 N–H and O–H groups in total. The van der Waals surface area contributed by atoms with Gasteiger partial charge in [0.05, 0.1) is 0 Å². The third kappa shape index (κ3) is 11.6. The molecule has 2 aliphatic heterocycles. The van der Waals surface area contributed by atoms with Crippen molar-refractivity contribution >= 4 is 52.6 Å². The summed E-state index contributed by atoms with van der Waals surface area (Å²) in [5, 5.41) is 9.59. The number of alkyl halides is 9. The molecule has 0 amide bonds. The van der Waals surface area contributed by atoms with E-state index in [1.807, 2.05) is 107 Å². The number of benzene rings is 6. The van der Waals surface area contributed by atoms with E-state index < -0.39 is 52.6 Å². The summed E-state index contributed by atoms with van der Waals surface area (Å²) >= 11 is 0. The minimum Gasteiger partial charge on any atom is -0.508 e. The van der Waals surface area contributed by atoms with Crippen molar-refractivity contribution in [1.29, 1.82) is 0 Å². The number of rotatable bonds is 8. The van der Waals surface area contributed by atoms with E-state index in [-0.39, 0.29) is 5.75 Å². The predicted octanol–water partition coefficient (Wildman–Crippen LogP) is 10.7. The fourth-order valence-electron chi connectivity index (χ4n) is 6.44. The van der Waals surface area contributed by atoms with Crippen molar-refractivity contribution in [2.75, 3.05) is 13.2 Å². The number of aromatic hydroxyl groups is 1. The van der Waals surface area contributed by atoms with Crippen molar-refractivity contribution in [3.63, 3.8) is 0 Å². The Labute approximate surface area is 382 Å². The molecular formula is C45H31F9O11S3. The number of ether oxygens (including phenoxy) is 2. The van der Waals surface area contributed by atoms with Crippen LogP contribution in [0.4, 0.5) is 39.5 Å². The molecule has 2 aliphatic rings. The van der Waals surface area contributed by atoms with Gasteiger partial charge in [-0.15, -0.1) is 3.63 Å². The molecule has 0 fully saturated rings. The Morgan fingerprint density at radius 2 is 0.750 bits per heavy atom. The Morgan fingerprint density at radius 1 is 0.412 bits per heavy atom. The molecule has 0 atom stereocenters. The molecule has 68 heavy (non-hydrogen) atoms. The first-order chi connectivity index (χ1) is 31.8. The number of para-hydroxylation sites is 2. The van der Waals surface area contributed by atoms with Gasteiger partial charge in [-0.3, -0.25) is 0 Å². The highest BCUT2D eigenvalue weighted by atomic mass is 32.3. The van der Waals surface area contributed by atoms with E-state index >= 15 is 0 Å². The largest absolute Gasteiger partial charge is 0.534 e. The maximum absolute atomic E-state index is 12.6. The van der Waals surface area contributed by atoms with Crippen LogP contribution in [0.3, 0.4) is 0 Å². The number of fused-ring (bicyclic) bond motifs is 2. The summed E-state index contributed by atoms with van der Waals surface area (Å²) in [5.41, 5.74) is -8.12. The van der Waals surface area contributed by atoms with Crippen LogP contribution in [0.1, 0.15) is 33.4 Å². The summed E-state index contributed by atoms with van der Waals surface area (Å²) in [6.07, 6.45) is 0. The SMILES string of the molecule is O=S(=O)(OS(=O)(=O)C(F)(F)F)C(F)(F)F.O=S(=O)(Oc1ccc(C2=C(c3ccccc3)COc3ccccc32)cc1)C(F)(F)F.Oc1ccc(C2=C(c3ccccc3)COc3ccccc32)cc1. The summed E-state index contributed by atoms with van der Waals surface area (Å²) in [4.78, 5) is 0. The summed E-state index contributed by atoms with van der Waals surface area (Å²) in [6.45, 7) is 0.855. The van der Waals surface area contributed by atoms with Crippen molar-refractivity contribution in [3.05, 3.63) is 191 Å². The van der Waals surface area contributed by atoms with Gasteiger partial charge < -0.3 is 18.8 Å². The molecule has 0 aliphatic carbocycles. The van der Waals surface area contributed by atoms with Gasteiger partial charge in [-0.2, -0.15) is 64.8 Å². The van der Waals surface area contributed by atoms with Crippen molar-refractivity contribution in [2.45, 2.75) is 16.5 Å². The molecule has 0 saturated heterocycles. The molecule has 8 rings (SSSR count). The van der Waals surface area contributed by atoms with Crippen LogP contribution in [0.5, 0.6) is 23.0 Å². The summed E-state index contributed by atoms with van der Waals surface area (Å²) in [6, 6.07) is 48.2. The molecular weight excluding hydrogens is 984 g/mol. The first kappa shape index (κ1) is 50.6. The van der Waals surface area contributed by atoms with Crippen molar-refractivity contribution < 1.29 is 87.2 Å². The zero-order valence-electron chi connectivity index (χ0n) is 34.1. The lowest BCUT2D eigenvalue weighted by atomic mass is 9.88. The van der Waals surface area contributed by atoms with Crippen LogP contribution in [0.25, 0.3) is 22.3 Å². The molecule has 6 aromatic carbocycles. The third-order valence-electron chi connectivity index (χ3n) is 9.44. The summed E-state index contributed by atoms with van der Waals surface area (Å²) in [5.74, 6) is 1.44. The van der Waals surface area contributed by atoms with Crippen LogP contribution in [0, 0.1) is 0 Å². The van der Waals surface area contributed by atoms with E-state index in [0.29, 0.717) is 24.5 Å². The Kier molecular flexibility index (Phi) is 14.7. The van der Waals surface area contributed by atoms with Gasteiger partial charge in [0.1, 0.15) is 36.2 Å². The second-order valence-electron chi connectivity index (χ2n) is 13.9. The second kappa shape index (κ2) is 19.8. The lowest BCUT2D eigenvalue weighted by Crippen LogP contribution is -2.34. The standard InChI is InChI=1S/C22H15F3O4S.C21H16O2.C2F6O5S2/c23-22(24,25)30(26,27)29-17-12-10-16(11-13-17)21-18-8-4-5-9-20(18)28-14-19(21)15-6-2-1-3-7-15;22-17-12-10-16(11-13-17)21-18-8-4-5-9-20(18)23-14-19(21)15-6-2-1-3-7-15;3-1(4,5)14(9,10)13-15(11,12)2(6,7)8/h1-13H,14H2;1-13,22H,14H2;. The fraction of sp³-hybridized carbons (Fsp3) is 0.111. The monoisotopic (exact) mass is 1010 g/mol. The zero-order valence-corrected chi connectivity index (χ0v) is 36.5. The first-order valence-electron chi connectivity index (χ1n) is 19.1. The summed E-state index contributed by atoms with van der Waals surface area (Å²) < 4.78 is 186. The fourth-order valence-corrected chi connectivity index (χ4v) is 8.45. The highest BCUT2D eigenvalue weighted by Crippen LogP contribution is 2.43. The van der Waals surface area contributed by atoms with Crippen LogP contribution in [0.15, 0.2) is 158 Å². The molecule has 11 nitrogen and oxygen atoms in total.